The highest BCUT2D eigenvalue weighted by molar-refractivity contribution is 9.10. The topological polar surface area (TPSA) is 45.2 Å². The Balaban J connectivity index is 2.04. The molecule has 1 N–H and O–H groups in total. The van der Waals surface area contributed by atoms with Gasteiger partial charge in [-0.05, 0) is 66.8 Å². The van der Waals surface area contributed by atoms with Gasteiger partial charge in [-0.1, -0.05) is 0 Å². The molecule has 2 heterocycles. The van der Waals surface area contributed by atoms with E-state index in [1.54, 1.807) is 6.20 Å². The first-order chi connectivity index (χ1) is 9.22. The lowest BCUT2D eigenvalue weighted by Crippen LogP contribution is -2.39. The predicted octanol–water partition coefficient (Wildman–Crippen LogP) is 2.31. The van der Waals surface area contributed by atoms with Crippen molar-refractivity contribution in [3.63, 3.8) is 0 Å². The van der Waals surface area contributed by atoms with E-state index in [0.717, 1.165) is 43.5 Å². The van der Waals surface area contributed by atoms with Crippen LogP contribution in [0.2, 0.25) is 0 Å². The highest BCUT2D eigenvalue weighted by Crippen LogP contribution is 2.18. The quantitative estimate of drug-likeness (QED) is 0.923. The van der Waals surface area contributed by atoms with E-state index in [0.29, 0.717) is 11.6 Å². The fourth-order valence-electron chi connectivity index (χ4n) is 2.42. The van der Waals surface area contributed by atoms with Gasteiger partial charge in [-0.3, -0.25) is 4.79 Å². The number of rotatable bonds is 4. The molecule has 104 valence electrons. The Labute approximate surface area is 122 Å². The zero-order chi connectivity index (χ0) is 13.7. The molecule has 1 aliphatic rings. The summed E-state index contributed by atoms with van der Waals surface area (Å²) in [6.45, 7) is 5.70. The lowest BCUT2D eigenvalue weighted by molar-refractivity contribution is 0.0720. The minimum atomic E-state index is 0.0218. The fraction of sp³-hybridized carbons (Fsp3) is 0.571. The van der Waals surface area contributed by atoms with Crippen LogP contribution in [-0.2, 0) is 0 Å². The number of aromatic nitrogens is 1. The highest BCUT2D eigenvalue weighted by atomic mass is 79.9. The zero-order valence-corrected chi connectivity index (χ0v) is 12.8. The van der Waals surface area contributed by atoms with Crippen LogP contribution in [0.4, 0.5) is 0 Å². The Kier molecular flexibility index (Phi) is 5.34. The molecule has 2 rings (SSSR count). The molecule has 0 aliphatic carbocycles. The minimum Gasteiger partial charge on any atom is -0.337 e. The molecule has 1 aromatic rings. The van der Waals surface area contributed by atoms with Crippen molar-refractivity contribution in [3.8, 4) is 0 Å². The van der Waals surface area contributed by atoms with E-state index in [-0.39, 0.29) is 5.91 Å². The Morgan fingerprint density at radius 1 is 1.53 bits per heavy atom. The summed E-state index contributed by atoms with van der Waals surface area (Å²) in [6.07, 6.45) is 3.96. The normalized spacial score (nSPS) is 16.3. The number of amides is 1. The van der Waals surface area contributed by atoms with Gasteiger partial charge in [-0.25, -0.2) is 4.98 Å². The Hall–Kier alpha value is -0.940. The predicted molar refractivity (Wildman–Crippen MR) is 79.1 cm³/mol. The first-order valence-corrected chi connectivity index (χ1v) is 7.62. The summed E-state index contributed by atoms with van der Waals surface area (Å²) in [6, 6.07) is 3.68. The van der Waals surface area contributed by atoms with Crippen LogP contribution in [0.5, 0.6) is 0 Å². The van der Waals surface area contributed by atoms with Gasteiger partial charge in [0.1, 0.15) is 5.69 Å². The smallest absolute Gasteiger partial charge is 0.273 e. The van der Waals surface area contributed by atoms with Gasteiger partial charge in [0.2, 0.25) is 0 Å². The third-order valence-corrected chi connectivity index (χ3v) is 4.21. The molecule has 1 saturated heterocycles. The molecule has 0 spiro atoms. The molecule has 1 fully saturated rings. The molecule has 0 atom stereocenters. The van der Waals surface area contributed by atoms with Crippen molar-refractivity contribution in [2.75, 3.05) is 26.2 Å². The number of nitrogens with zero attached hydrogens (tertiary/aromatic N) is 2. The van der Waals surface area contributed by atoms with Crippen LogP contribution in [0.25, 0.3) is 0 Å². The second-order valence-electron chi connectivity index (χ2n) is 4.87. The van der Waals surface area contributed by atoms with Crippen LogP contribution in [0.1, 0.15) is 30.3 Å². The average Bonchev–Trinajstić information content (AvgIpc) is 2.46. The minimum absolute atomic E-state index is 0.0218. The van der Waals surface area contributed by atoms with Gasteiger partial charge in [0.15, 0.2) is 0 Å². The summed E-state index contributed by atoms with van der Waals surface area (Å²) in [5.41, 5.74) is 0.512. The van der Waals surface area contributed by atoms with Crippen LogP contribution in [-0.4, -0.2) is 42.0 Å². The van der Waals surface area contributed by atoms with Gasteiger partial charge < -0.3 is 10.2 Å². The fourth-order valence-corrected chi connectivity index (χ4v) is 2.85. The van der Waals surface area contributed by atoms with Gasteiger partial charge in [0.25, 0.3) is 5.91 Å². The summed E-state index contributed by atoms with van der Waals surface area (Å²) in [7, 11) is 0. The van der Waals surface area contributed by atoms with Crippen molar-refractivity contribution >= 4 is 21.8 Å². The summed E-state index contributed by atoms with van der Waals surface area (Å²) in [5.74, 6) is 0.626. The SMILES string of the molecule is CCN(CC1CCNCC1)C(=O)c1ncccc1Br. The first kappa shape index (κ1) is 14.5. The summed E-state index contributed by atoms with van der Waals surface area (Å²) >= 11 is 3.40. The number of pyridine rings is 1. The molecule has 0 aromatic carbocycles. The second-order valence-corrected chi connectivity index (χ2v) is 5.73. The highest BCUT2D eigenvalue weighted by Gasteiger charge is 2.22. The van der Waals surface area contributed by atoms with E-state index in [9.17, 15) is 4.79 Å². The van der Waals surface area contributed by atoms with E-state index in [4.69, 9.17) is 0 Å². The lowest BCUT2D eigenvalue weighted by Gasteiger charge is -2.29. The van der Waals surface area contributed by atoms with Gasteiger partial charge in [-0.2, -0.15) is 0 Å². The van der Waals surface area contributed by atoms with Crippen molar-refractivity contribution in [2.45, 2.75) is 19.8 Å². The Bertz CT molecular complexity index is 432. The lowest BCUT2D eigenvalue weighted by atomic mass is 9.97. The molecule has 0 unspecified atom stereocenters. The van der Waals surface area contributed by atoms with Crippen molar-refractivity contribution in [1.82, 2.24) is 15.2 Å². The number of hydrogen-bond acceptors (Lipinski definition) is 3. The maximum absolute atomic E-state index is 12.5. The van der Waals surface area contributed by atoms with E-state index < -0.39 is 0 Å². The van der Waals surface area contributed by atoms with E-state index in [2.05, 4.69) is 26.2 Å². The Morgan fingerprint density at radius 2 is 2.26 bits per heavy atom. The van der Waals surface area contributed by atoms with Crippen molar-refractivity contribution in [2.24, 2.45) is 5.92 Å². The maximum Gasteiger partial charge on any atom is 0.273 e. The van der Waals surface area contributed by atoms with E-state index in [1.807, 2.05) is 24.0 Å². The van der Waals surface area contributed by atoms with E-state index >= 15 is 0 Å². The van der Waals surface area contributed by atoms with Crippen LogP contribution in [0.15, 0.2) is 22.8 Å². The number of hydrogen-bond donors (Lipinski definition) is 1. The average molecular weight is 326 g/mol. The van der Waals surface area contributed by atoms with Gasteiger partial charge in [0, 0.05) is 23.8 Å². The first-order valence-electron chi connectivity index (χ1n) is 6.83. The molecule has 0 bridgehead atoms. The maximum atomic E-state index is 12.5. The second kappa shape index (κ2) is 7.01. The van der Waals surface area contributed by atoms with Gasteiger partial charge in [0.05, 0.1) is 0 Å². The van der Waals surface area contributed by atoms with Crippen LogP contribution >= 0.6 is 15.9 Å². The number of piperidine rings is 1. The molecule has 19 heavy (non-hydrogen) atoms. The molecule has 0 saturated carbocycles. The molecular weight excluding hydrogens is 306 g/mol. The van der Waals surface area contributed by atoms with Crippen LogP contribution < -0.4 is 5.32 Å². The largest absolute Gasteiger partial charge is 0.337 e. The molecule has 5 heteroatoms. The van der Waals surface area contributed by atoms with Crippen molar-refractivity contribution < 1.29 is 4.79 Å². The number of halogens is 1. The number of nitrogens with one attached hydrogen (secondary N) is 1. The number of carbonyl (C=O) groups is 1. The zero-order valence-electron chi connectivity index (χ0n) is 11.2. The third kappa shape index (κ3) is 3.76. The molecule has 1 amide bonds. The monoisotopic (exact) mass is 325 g/mol. The molecule has 1 aromatic heterocycles. The molecular formula is C14H20BrN3O. The van der Waals surface area contributed by atoms with Gasteiger partial charge >= 0.3 is 0 Å². The molecule has 4 nitrogen and oxygen atoms in total. The number of carbonyl (C=O) groups excluding carboxylic acids is 1. The Morgan fingerprint density at radius 3 is 2.89 bits per heavy atom. The molecule has 0 radical (unpaired) electrons. The van der Waals surface area contributed by atoms with Gasteiger partial charge in [-0.15, -0.1) is 0 Å². The van der Waals surface area contributed by atoms with Crippen molar-refractivity contribution in [1.29, 1.82) is 0 Å². The van der Waals surface area contributed by atoms with Crippen LogP contribution in [0, 0.1) is 5.92 Å². The molecule has 1 aliphatic heterocycles. The summed E-state index contributed by atoms with van der Waals surface area (Å²) < 4.78 is 0.767. The third-order valence-electron chi connectivity index (χ3n) is 3.57. The van der Waals surface area contributed by atoms with Crippen molar-refractivity contribution in [3.05, 3.63) is 28.5 Å². The van der Waals surface area contributed by atoms with E-state index in [1.165, 1.54) is 0 Å². The summed E-state index contributed by atoms with van der Waals surface area (Å²) in [4.78, 5) is 18.6. The standard InChI is InChI=1S/C14H20BrN3O/c1-2-18(10-11-5-8-16-9-6-11)14(19)13-12(15)4-3-7-17-13/h3-4,7,11,16H,2,5-6,8-10H2,1H3. The summed E-state index contributed by atoms with van der Waals surface area (Å²) in [5, 5.41) is 3.35. The van der Waals surface area contributed by atoms with Crippen LogP contribution in [0.3, 0.4) is 0 Å².